The third-order valence-electron chi connectivity index (χ3n) is 4.45. The highest BCUT2D eigenvalue weighted by molar-refractivity contribution is 5.74. The molecule has 0 spiro atoms. The lowest BCUT2D eigenvalue weighted by atomic mass is 10.0. The van der Waals surface area contributed by atoms with Crippen molar-refractivity contribution in [3.8, 4) is 16.9 Å². The Balaban J connectivity index is 1.88. The van der Waals surface area contributed by atoms with Gasteiger partial charge in [0.2, 0.25) is 0 Å². The molecule has 0 aromatic heterocycles. The molecule has 3 nitrogen and oxygen atoms in total. The van der Waals surface area contributed by atoms with Crippen molar-refractivity contribution in [1.82, 2.24) is 4.90 Å². The van der Waals surface area contributed by atoms with E-state index in [4.69, 9.17) is 4.74 Å². The van der Waals surface area contributed by atoms with Crippen LogP contribution < -0.4 is 9.64 Å². The van der Waals surface area contributed by atoms with E-state index in [0.717, 1.165) is 38.5 Å². The van der Waals surface area contributed by atoms with Crippen molar-refractivity contribution >= 4 is 5.69 Å². The summed E-state index contributed by atoms with van der Waals surface area (Å²) in [6.45, 7) is 7.84. The standard InChI is InChI=1S/C19H24N2O/c1-3-20-11-13-21(14-12-20)17-9-10-19(22-2)18(15-17)16-7-5-4-6-8-16/h4-10,15H,3,11-14H2,1-2H3. The minimum absolute atomic E-state index is 0.933. The Bertz CT molecular complexity index is 604. The van der Waals surface area contributed by atoms with Crippen LogP contribution in [0.25, 0.3) is 11.1 Å². The molecule has 2 aromatic carbocycles. The Hall–Kier alpha value is -2.00. The molecule has 0 N–H and O–H groups in total. The largest absolute Gasteiger partial charge is 0.496 e. The number of nitrogens with zero attached hydrogens (tertiary/aromatic N) is 2. The topological polar surface area (TPSA) is 15.7 Å². The Kier molecular flexibility index (Phi) is 4.64. The SMILES string of the molecule is CCN1CCN(c2ccc(OC)c(-c3ccccc3)c2)CC1. The number of hydrogen-bond acceptors (Lipinski definition) is 3. The summed E-state index contributed by atoms with van der Waals surface area (Å²) in [4.78, 5) is 4.97. The number of ether oxygens (including phenoxy) is 1. The van der Waals surface area contributed by atoms with Crippen LogP contribution in [0.2, 0.25) is 0 Å². The molecule has 3 heteroatoms. The molecule has 0 aliphatic carbocycles. The minimum atomic E-state index is 0.933. The highest BCUT2D eigenvalue weighted by atomic mass is 16.5. The number of likely N-dealkylation sites (N-methyl/N-ethyl adjacent to an activating group) is 1. The molecule has 1 heterocycles. The van der Waals surface area contributed by atoms with E-state index in [1.54, 1.807) is 7.11 Å². The summed E-state index contributed by atoms with van der Waals surface area (Å²) in [5.41, 5.74) is 3.65. The van der Waals surface area contributed by atoms with Crippen LogP contribution in [0.1, 0.15) is 6.92 Å². The molecule has 2 aromatic rings. The predicted molar refractivity (Wildman–Crippen MR) is 92.8 cm³/mol. The molecule has 0 bridgehead atoms. The molecule has 0 radical (unpaired) electrons. The van der Waals surface area contributed by atoms with E-state index in [1.165, 1.54) is 16.8 Å². The van der Waals surface area contributed by atoms with E-state index >= 15 is 0 Å². The number of benzene rings is 2. The van der Waals surface area contributed by atoms with Crippen molar-refractivity contribution in [2.75, 3.05) is 44.7 Å². The Morgan fingerprint density at radius 2 is 1.68 bits per heavy atom. The lowest BCUT2D eigenvalue weighted by Gasteiger charge is -2.35. The van der Waals surface area contributed by atoms with Crippen molar-refractivity contribution in [2.24, 2.45) is 0 Å². The number of rotatable bonds is 4. The van der Waals surface area contributed by atoms with Crippen LogP contribution in [-0.2, 0) is 0 Å². The van der Waals surface area contributed by atoms with Crippen molar-refractivity contribution in [2.45, 2.75) is 6.92 Å². The van der Waals surface area contributed by atoms with E-state index in [1.807, 2.05) is 6.07 Å². The fraction of sp³-hybridized carbons (Fsp3) is 0.368. The van der Waals surface area contributed by atoms with Gasteiger partial charge in [0.15, 0.2) is 0 Å². The lowest BCUT2D eigenvalue weighted by molar-refractivity contribution is 0.271. The van der Waals surface area contributed by atoms with Gasteiger partial charge in [-0.2, -0.15) is 0 Å². The summed E-state index contributed by atoms with van der Waals surface area (Å²) < 4.78 is 5.55. The van der Waals surface area contributed by atoms with Gasteiger partial charge in [0.05, 0.1) is 7.11 Å². The Morgan fingerprint density at radius 3 is 2.32 bits per heavy atom. The summed E-state index contributed by atoms with van der Waals surface area (Å²) in [5, 5.41) is 0. The van der Waals surface area contributed by atoms with E-state index < -0.39 is 0 Å². The van der Waals surface area contributed by atoms with Crippen LogP contribution in [0.3, 0.4) is 0 Å². The maximum atomic E-state index is 5.55. The second-order valence-corrected chi connectivity index (χ2v) is 5.67. The van der Waals surface area contributed by atoms with Crippen LogP contribution in [0.15, 0.2) is 48.5 Å². The smallest absolute Gasteiger partial charge is 0.126 e. The number of anilines is 1. The van der Waals surface area contributed by atoms with Crippen molar-refractivity contribution in [3.05, 3.63) is 48.5 Å². The first-order valence-corrected chi connectivity index (χ1v) is 8.02. The molecular weight excluding hydrogens is 272 g/mol. The molecule has 0 amide bonds. The van der Waals surface area contributed by atoms with Crippen molar-refractivity contribution in [3.63, 3.8) is 0 Å². The third-order valence-corrected chi connectivity index (χ3v) is 4.45. The van der Waals surface area contributed by atoms with Gasteiger partial charge < -0.3 is 14.5 Å². The summed E-state index contributed by atoms with van der Waals surface area (Å²) in [6, 6.07) is 17.0. The highest BCUT2D eigenvalue weighted by Crippen LogP contribution is 2.33. The van der Waals surface area contributed by atoms with Gasteiger partial charge >= 0.3 is 0 Å². The second-order valence-electron chi connectivity index (χ2n) is 5.67. The summed E-state index contributed by atoms with van der Waals surface area (Å²) in [7, 11) is 1.74. The van der Waals surface area contributed by atoms with Gasteiger partial charge in [-0.25, -0.2) is 0 Å². The van der Waals surface area contributed by atoms with Gasteiger partial charge in [0, 0.05) is 37.4 Å². The van der Waals surface area contributed by atoms with E-state index in [0.29, 0.717) is 0 Å². The van der Waals surface area contributed by atoms with Gasteiger partial charge in [-0.3, -0.25) is 0 Å². The van der Waals surface area contributed by atoms with Gasteiger partial charge in [0.25, 0.3) is 0 Å². The maximum Gasteiger partial charge on any atom is 0.126 e. The van der Waals surface area contributed by atoms with E-state index in [-0.39, 0.29) is 0 Å². The van der Waals surface area contributed by atoms with Gasteiger partial charge in [-0.1, -0.05) is 37.3 Å². The average Bonchev–Trinajstić information content (AvgIpc) is 2.62. The van der Waals surface area contributed by atoms with Crippen LogP contribution in [0.5, 0.6) is 5.75 Å². The lowest BCUT2D eigenvalue weighted by Crippen LogP contribution is -2.46. The van der Waals surface area contributed by atoms with Crippen molar-refractivity contribution in [1.29, 1.82) is 0 Å². The third kappa shape index (κ3) is 3.09. The van der Waals surface area contributed by atoms with Crippen LogP contribution in [0.4, 0.5) is 5.69 Å². The molecule has 0 saturated carbocycles. The molecular formula is C19H24N2O. The fourth-order valence-electron chi connectivity index (χ4n) is 3.06. The number of piperazine rings is 1. The molecule has 1 fully saturated rings. The van der Waals surface area contributed by atoms with Crippen LogP contribution >= 0.6 is 0 Å². The number of methoxy groups -OCH3 is 1. The first-order valence-electron chi connectivity index (χ1n) is 8.02. The molecule has 0 unspecified atom stereocenters. The monoisotopic (exact) mass is 296 g/mol. The Labute approximate surface area is 133 Å². The normalized spacial score (nSPS) is 15.8. The summed E-state index contributed by atoms with van der Waals surface area (Å²) >= 11 is 0. The molecule has 0 atom stereocenters. The van der Waals surface area contributed by atoms with E-state index in [9.17, 15) is 0 Å². The van der Waals surface area contributed by atoms with Gasteiger partial charge in [-0.05, 0) is 30.3 Å². The van der Waals surface area contributed by atoms with Crippen LogP contribution in [-0.4, -0.2) is 44.7 Å². The van der Waals surface area contributed by atoms with Gasteiger partial charge in [-0.15, -0.1) is 0 Å². The molecule has 3 rings (SSSR count). The van der Waals surface area contributed by atoms with Crippen LogP contribution in [0, 0.1) is 0 Å². The van der Waals surface area contributed by atoms with Gasteiger partial charge in [0.1, 0.15) is 5.75 Å². The zero-order valence-electron chi connectivity index (χ0n) is 13.5. The highest BCUT2D eigenvalue weighted by Gasteiger charge is 2.17. The molecule has 1 aliphatic heterocycles. The average molecular weight is 296 g/mol. The number of hydrogen-bond donors (Lipinski definition) is 0. The van der Waals surface area contributed by atoms with Crippen molar-refractivity contribution < 1.29 is 4.74 Å². The zero-order chi connectivity index (χ0) is 15.4. The second kappa shape index (κ2) is 6.84. The summed E-state index contributed by atoms with van der Waals surface area (Å²) in [6.07, 6.45) is 0. The quantitative estimate of drug-likeness (QED) is 0.859. The fourth-order valence-corrected chi connectivity index (χ4v) is 3.06. The maximum absolute atomic E-state index is 5.55. The predicted octanol–water partition coefficient (Wildman–Crippen LogP) is 3.50. The Morgan fingerprint density at radius 1 is 0.955 bits per heavy atom. The molecule has 1 saturated heterocycles. The zero-order valence-corrected chi connectivity index (χ0v) is 13.5. The molecule has 1 aliphatic rings. The molecule has 22 heavy (non-hydrogen) atoms. The summed E-state index contributed by atoms with van der Waals surface area (Å²) in [5.74, 6) is 0.933. The van der Waals surface area contributed by atoms with E-state index in [2.05, 4.69) is 59.2 Å². The first kappa shape index (κ1) is 14.9. The first-order chi connectivity index (χ1) is 10.8. The molecule has 116 valence electrons. The minimum Gasteiger partial charge on any atom is -0.496 e.